The zero-order valence-electron chi connectivity index (χ0n) is 8.27. The van der Waals surface area contributed by atoms with E-state index in [9.17, 15) is 9.18 Å². The molecule has 0 heterocycles. The van der Waals surface area contributed by atoms with Gasteiger partial charge in [-0.3, -0.25) is 4.79 Å². The Morgan fingerprint density at radius 1 is 1.53 bits per heavy atom. The number of rotatable bonds is 4. The molecule has 0 saturated heterocycles. The van der Waals surface area contributed by atoms with Crippen molar-refractivity contribution in [1.29, 1.82) is 0 Å². The van der Waals surface area contributed by atoms with E-state index in [0.29, 0.717) is 0 Å². The molecular weight excluding hydrogens is 201 g/mol. The van der Waals surface area contributed by atoms with Crippen LogP contribution in [-0.2, 0) is 14.4 Å². The van der Waals surface area contributed by atoms with Crippen LogP contribution in [0.3, 0.4) is 0 Å². The van der Waals surface area contributed by atoms with E-state index in [1.165, 1.54) is 25.3 Å². The zero-order chi connectivity index (χ0) is 11.3. The number of hydrogen-bond donors (Lipinski definition) is 1. The van der Waals surface area contributed by atoms with Gasteiger partial charge in [0, 0.05) is 5.56 Å². The van der Waals surface area contributed by atoms with Crippen LogP contribution >= 0.6 is 0 Å². The minimum atomic E-state index is -0.832. The lowest BCUT2D eigenvalue weighted by Gasteiger charge is -2.13. The van der Waals surface area contributed by atoms with E-state index in [-0.39, 0.29) is 12.2 Å². The SMILES string of the molecule is COC(=O)C(CON)c1ccccc1F. The summed E-state index contributed by atoms with van der Waals surface area (Å²) >= 11 is 0. The van der Waals surface area contributed by atoms with Crippen LogP contribution < -0.4 is 5.90 Å². The standard InChI is InChI=1S/C10H12FNO3/c1-14-10(13)8(6-15-12)7-4-2-3-5-9(7)11/h2-5,8H,6,12H2,1H3. The van der Waals surface area contributed by atoms with E-state index in [0.717, 1.165) is 0 Å². The van der Waals surface area contributed by atoms with E-state index in [1.807, 2.05) is 0 Å². The Labute approximate surface area is 86.7 Å². The molecule has 0 bridgehead atoms. The van der Waals surface area contributed by atoms with Gasteiger partial charge in [0.25, 0.3) is 0 Å². The minimum Gasteiger partial charge on any atom is -0.468 e. The van der Waals surface area contributed by atoms with Crippen LogP contribution in [0.5, 0.6) is 0 Å². The summed E-state index contributed by atoms with van der Waals surface area (Å²) in [6.45, 7) is -0.117. The summed E-state index contributed by atoms with van der Waals surface area (Å²) in [5.41, 5.74) is 0.217. The van der Waals surface area contributed by atoms with Crippen molar-refractivity contribution in [3.8, 4) is 0 Å². The molecule has 0 aliphatic rings. The Morgan fingerprint density at radius 2 is 2.20 bits per heavy atom. The highest BCUT2D eigenvalue weighted by Crippen LogP contribution is 2.20. The first kappa shape index (κ1) is 11.6. The van der Waals surface area contributed by atoms with Crippen molar-refractivity contribution in [3.05, 3.63) is 35.6 Å². The normalized spacial score (nSPS) is 12.2. The lowest BCUT2D eigenvalue weighted by atomic mass is 10.00. The summed E-state index contributed by atoms with van der Waals surface area (Å²) in [5.74, 6) is 2.99. The number of benzene rings is 1. The Balaban J connectivity index is 2.98. The summed E-state index contributed by atoms with van der Waals surface area (Å²) in [5, 5.41) is 0. The summed E-state index contributed by atoms with van der Waals surface area (Å²) in [7, 11) is 1.23. The maximum atomic E-state index is 13.4. The molecule has 0 aromatic heterocycles. The fraction of sp³-hybridized carbons (Fsp3) is 0.300. The number of carbonyl (C=O) groups excluding carboxylic acids is 1. The van der Waals surface area contributed by atoms with Gasteiger partial charge in [0.15, 0.2) is 0 Å². The lowest BCUT2D eigenvalue weighted by molar-refractivity contribution is -0.144. The van der Waals surface area contributed by atoms with Crippen molar-refractivity contribution in [3.63, 3.8) is 0 Å². The van der Waals surface area contributed by atoms with Gasteiger partial charge in [-0.05, 0) is 6.07 Å². The van der Waals surface area contributed by atoms with Gasteiger partial charge in [-0.1, -0.05) is 18.2 Å². The molecule has 2 N–H and O–H groups in total. The van der Waals surface area contributed by atoms with Gasteiger partial charge in [0.05, 0.1) is 13.7 Å². The van der Waals surface area contributed by atoms with Gasteiger partial charge >= 0.3 is 5.97 Å². The van der Waals surface area contributed by atoms with Crippen molar-refractivity contribution >= 4 is 5.97 Å². The highest BCUT2D eigenvalue weighted by atomic mass is 19.1. The van der Waals surface area contributed by atoms with E-state index >= 15 is 0 Å². The summed E-state index contributed by atoms with van der Waals surface area (Å²) in [6.07, 6.45) is 0. The van der Waals surface area contributed by atoms with Gasteiger partial charge in [-0.2, -0.15) is 0 Å². The van der Waals surface area contributed by atoms with Crippen LogP contribution in [0.15, 0.2) is 24.3 Å². The van der Waals surface area contributed by atoms with E-state index in [4.69, 9.17) is 5.90 Å². The molecule has 15 heavy (non-hydrogen) atoms. The van der Waals surface area contributed by atoms with Gasteiger partial charge in [0.2, 0.25) is 0 Å². The number of hydrogen-bond acceptors (Lipinski definition) is 4. The molecule has 0 aliphatic heterocycles. The predicted molar refractivity (Wildman–Crippen MR) is 51.3 cm³/mol. The molecule has 0 saturated carbocycles. The second-order valence-corrected chi connectivity index (χ2v) is 2.93. The van der Waals surface area contributed by atoms with E-state index in [1.54, 1.807) is 6.07 Å². The van der Waals surface area contributed by atoms with Crippen molar-refractivity contribution < 1.29 is 18.8 Å². The Kier molecular flexibility index (Phi) is 4.20. The zero-order valence-corrected chi connectivity index (χ0v) is 8.27. The fourth-order valence-electron chi connectivity index (χ4n) is 1.28. The molecule has 1 aromatic carbocycles. The number of esters is 1. The predicted octanol–water partition coefficient (Wildman–Crippen LogP) is 0.973. The highest BCUT2D eigenvalue weighted by molar-refractivity contribution is 5.78. The van der Waals surface area contributed by atoms with Crippen LogP contribution in [0, 0.1) is 5.82 Å². The van der Waals surface area contributed by atoms with Crippen molar-refractivity contribution in [1.82, 2.24) is 0 Å². The lowest BCUT2D eigenvalue weighted by Crippen LogP contribution is -2.22. The molecule has 0 amide bonds. The minimum absolute atomic E-state index is 0.117. The van der Waals surface area contributed by atoms with Gasteiger partial charge < -0.3 is 9.57 Å². The maximum absolute atomic E-state index is 13.4. The van der Waals surface area contributed by atoms with Crippen molar-refractivity contribution in [2.75, 3.05) is 13.7 Å². The monoisotopic (exact) mass is 213 g/mol. The maximum Gasteiger partial charge on any atom is 0.315 e. The third kappa shape index (κ3) is 2.74. The van der Waals surface area contributed by atoms with Crippen LogP contribution in [0.4, 0.5) is 4.39 Å². The molecule has 4 nitrogen and oxygen atoms in total. The van der Waals surface area contributed by atoms with Crippen molar-refractivity contribution in [2.24, 2.45) is 5.90 Å². The molecule has 1 unspecified atom stereocenters. The van der Waals surface area contributed by atoms with Gasteiger partial charge in [0.1, 0.15) is 11.7 Å². The summed E-state index contributed by atoms with van der Waals surface area (Å²) < 4.78 is 17.9. The number of nitrogens with two attached hydrogens (primary N) is 1. The van der Waals surface area contributed by atoms with Crippen LogP contribution in [0.2, 0.25) is 0 Å². The molecule has 0 radical (unpaired) electrons. The van der Waals surface area contributed by atoms with Crippen molar-refractivity contribution in [2.45, 2.75) is 5.92 Å². The van der Waals surface area contributed by atoms with Crippen LogP contribution in [0.25, 0.3) is 0 Å². The Morgan fingerprint density at radius 3 is 2.73 bits per heavy atom. The molecule has 1 aromatic rings. The molecule has 5 heteroatoms. The first-order valence-electron chi connectivity index (χ1n) is 4.34. The third-order valence-corrected chi connectivity index (χ3v) is 2.03. The van der Waals surface area contributed by atoms with Crippen LogP contribution in [0.1, 0.15) is 11.5 Å². The average molecular weight is 213 g/mol. The molecule has 1 atom stereocenters. The van der Waals surface area contributed by atoms with Gasteiger partial charge in [-0.25, -0.2) is 10.3 Å². The number of carbonyl (C=O) groups is 1. The third-order valence-electron chi connectivity index (χ3n) is 2.03. The topological polar surface area (TPSA) is 61.5 Å². The van der Waals surface area contributed by atoms with Crippen LogP contribution in [-0.4, -0.2) is 19.7 Å². The highest BCUT2D eigenvalue weighted by Gasteiger charge is 2.24. The number of methoxy groups -OCH3 is 1. The molecule has 0 aliphatic carbocycles. The van der Waals surface area contributed by atoms with E-state index < -0.39 is 17.7 Å². The first-order chi connectivity index (χ1) is 7.20. The molecular formula is C10H12FNO3. The largest absolute Gasteiger partial charge is 0.468 e. The Bertz CT molecular complexity index is 343. The summed E-state index contributed by atoms with van der Waals surface area (Å²) in [6, 6.07) is 5.93. The Hall–Kier alpha value is -1.46. The molecule has 1 rings (SSSR count). The number of halogens is 1. The fourth-order valence-corrected chi connectivity index (χ4v) is 1.28. The molecule has 82 valence electrons. The van der Waals surface area contributed by atoms with Gasteiger partial charge in [-0.15, -0.1) is 0 Å². The second kappa shape index (κ2) is 5.43. The molecule has 0 spiro atoms. The number of ether oxygens (including phenoxy) is 1. The second-order valence-electron chi connectivity index (χ2n) is 2.93. The first-order valence-corrected chi connectivity index (χ1v) is 4.34. The summed E-state index contributed by atoms with van der Waals surface area (Å²) in [4.78, 5) is 15.7. The molecule has 0 fully saturated rings. The quantitative estimate of drug-likeness (QED) is 0.598. The van der Waals surface area contributed by atoms with E-state index in [2.05, 4.69) is 9.57 Å². The smallest absolute Gasteiger partial charge is 0.315 e. The average Bonchev–Trinajstić information content (AvgIpc) is 2.26.